The molecule has 1 atom stereocenters. The third kappa shape index (κ3) is 5.37. The van der Waals surface area contributed by atoms with E-state index in [1.807, 2.05) is 5.32 Å². The van der Waals surface area contributed by atoms with Gasteiger partial charge >= 0.3 is 5.97 Å². The van der Waals surface area contributed by atoms with Crippen LogP contribution >= 0.6 is 0 Å². The minimum Gasteiger partial charge on any atom is -0.452 e. The molecular formula is C19H21F3N4O4. The molecule has 0 fully saturated rings. The van der Waals surface area contributed by atoms with E-state index in [1.54, 1.807) is 25.6 Å². The first-order valence-electron chi connectivity index (χ1n) is 8.90. The zero-order valence-electron chi connectivity index (χ0n) is 16.8. The zero-order valence-corrected chi connectivity index (χ0v) is 16.8. The number of amides is 2. The molecule has 1 unspecified atom stereocenters. The highest BCUT2D eigenvalue weighted by Gasteiger charge is 2.21. The molecule has 30 heavy (non-hydrogen) atoms. The molecule has 162 valence electrons. The first-order chi connectivity index (χ1) is 14.0. The second-order valence-electron chi connectivity index (χ2n) is 6.57. The Morgan fingerprint density at radius 3 is 2.43 bits per heavy atom. The van der Waals surface area contributed by atoms with Crippen molar-refractivity contribution in [2.45, 2.75) is 33.3 Å². The number of carbonyl (C=O) groups is 3. The molecule has 0 saturated carbocycles. The summed E-state index contributed by atoms with van der Waals surface area (Å²) in [6, 6.07) is 1.50. The molecule has 11 heteroatoms. The van der Waals surface area contributed by atoms with Crippen LogP contribution in [-0.4, -0.2) is 40.2 Å². The summed E-state index contributed by atoms with van der Waals surface area (Å²) >= 11 is 0. The van der Waals surface area contributed by atoms with Crippen LogP contribution in [0.5, 0.6) is 0 Å². The van der Waals surface area contributed by atoms with Crippen molar-refractivity contribution in [1.82, 2.24) is 15.1 Å². The number of nitrogens with one attached hydrogen (secondary N) is 2. The van der Waals surface area contributed by atoms with Gasteiger partial charge in [0.2, 0.25) is 5.91 Å². The minimum atomic E-state index is -1.73. The van der Waals surface area contributed by atoms with E-state index in [9.17, 15) is 27.6 Å². The standard InChI is InChI=1S/C19H21F3N4O4/c1-9-12(10(2)26(4)25-9)7-16(28)30-11(3)19(29)23-8-15(27)24-14-6-5-13(20)17(21)18(14)22/h5-6,11H,7-8H2,1-4H3,(H,23,29)(H,24,27). The lowest BCUT2D eigenvalue weighted by Crippen LogP contribution is -2.40. The quantitative estimate of drug-likeness (QED) is 0.518. The van der Waals surface area contributed by atoms with E-state index in [0.29, 0.717) is 17.3 Å². The van der Waals surface area contributed by atoms with Crippen molar-refractivity contribution < 1.29 is 32.3 Å². The van der Waals surface area contributed by atoms with Crippen LogP contribution in [0.15, 0.2) is 12.1 Å². The molecule has 2 aromatic rings. The van der Waals surface area contributed by atoms with E-state index >= 15 is 0 Å². The second-order valence-corrected chi connectivity index (χ2v) is 6.57. The van der Waals surface area contributed by atoms with E-state index in [1.165, 1.54) is 6.92 Å². The van der Waals surface area contributed by atoms with Gasteiger partial charge < -0.3 is 15.4 Å². The van der Waals surface area contributed by atoms with Gasteiger partial charge in [-0.1, -0.05) is 0 Å². The number of rotatable bonds is 7. The highest BCUT2D eigenvalue weighted by molar-refractivity contribution is 5.95. The number of aryl methyl sites for hydroxylation is 2. The molecule has 0 aliphatic rings. The van der Waals surface area contributed by atoms with E-state index in [-0.39, 0.29) is 6.42 Å². The van der Waals surface area contributed by atoms with Gasteiger partial charge in [-0.15, -0.1) is 0 Å². The summed E-state index contributed by atoms with van der Waals surface area (Å²) in [7, 11) is 1.74. The number of hydrogen-bond acceptors (Lipinski definition) is 5. The molecule has 2 amide bonds. The van der Waals surface area contributed by atoms with Crippen LogP contribution in [0.25, 0.3) is 0 Å². The molecule has 0 aliphatic carbocycles. The Kier molecular flexibility index (Phi) is 7.19. The van der Waals surface area contributed by atoms with Gasteiger partial charge in [-0.05, 0) is 32.9 Å². The molecule has 1 aromatic carbocycles. The molecule has 0 saturated heterocycles. The van der Waals surface area contributed by atoms with Gasteiger partial charge in [0, 0.05) is 18.3 Å². The monoisotopic (exact) mass is 426 g/mol. The van der Waals surface area contributed by atoms with Gasteiger partial charge in [0.25, 0.3) is 5.91 Å². The molecule has 2 rings (SSSR count). The Morgan fingerprint density at radius 2 is 1.83 bits per heavy atom. The predicted molar refractivity (Wildman–Crippen MR) is 99.9 cm³/mol. The number of carbonyl (C=O) groups excluding carboxylic acids is 3. The zero-order chi connectivity index (χ0) is 22.6. The SMILES string of the molecule is Cc1nn(C)c(C)c1CC(=O)OC(C)C(=O)NCC(=O)Nc1ccc(F)c(F)c1F. The summed E-state index contributed by atoms with van der Waals surface area (Å²) in [5.74, 6) is -6.97. The minimum absolute atomic E-state index is 0.0704. The van der Waals surface area contributed by atoms with Crippen molar-refractivity contribution in [2.75, 3.05) is 11.9 Å². The largest absolute Gasteiger partial charge is 0.452 e. The summed E-state index contributed by atoms with van der Waals surface area (Å²) in [4.78, 5) is 35.9. The van der Waals surface area contributed by atoms with E-state index in [2.05, 4.69) is 10.4 Å². The van der Waals surface area contributed by atoms with E-state index in [0.717, 1.165) is 11.8 Å². The van der Waals surface area contributed by atoms with Gasteiger partial charge in [-0.2, -0.15) is 5.10 Å². The van der Waals surface area contributed by atoms with Crippen molar-refractivity contribution >= 4 is 23.5 Å². The number of benzene rings is 1. The molecular weight excluding hydrogens is 405 g/mol. The Bertz CT molecular complexity index is 991. The Morgan fingerprint density at radius 1 is 1.17 bits per heavy atom. The van der Waals surface area contributed by atoms with Gasteiger partial charge in [0.1, 0.15) is 0 Å². The predicted octanol–water partition coefficient (Wildman–Crippen LogP) is 1.68. The highest BCUT2D eigenvalue weighted by Crippen LogP contribution is 2.19. The van der Waals surface area contributed by atoms with Gasteiger partial charge in [-0.25, -0.2) is 13.2 Å². The molecule has 0 bridgehead atoms. The number of halogens is 3. The molecule has 0 aliphatic heterocycles. The van der Waals surface area contributed by atoms with Crippen LogP contribution in [0.4, 0.5) is 18.9 Å². The lowest BCUT2D eigenvalue weighted by Gasteiger charge is -2.14. The Hall–Kier alpha value is -3.37. The lowest BCUT2D eigenvalue weighted by molar-refractivity contribution is -0.154. The van der Waals surface area contributed by atoms with Crippen LogP contribution in [0.1, 0.15) is 23.9 Å². The summed E-state index contributed by atoms with van der Waals surface area (Å²) in [5.41, 5.74) is 1.59. The number of ether oxygens (including phenoxy) is 1. The average molecular weight is 426 g/mol. The van der Waals surface area contributed by atoms with Crippen molar-refractivity contribution in [3.63, 3.8) is 0 Å². The molecule has 0 radical (unpaired) electrons. The molecule has 0 spiro atoms. The van der Waals surface area contributed by atoms with Gasteiger partial charge in [-0.3, -0.25) is 19.1 Å². The van der Waals surface area contributed by atoms with Crippen LogP contribution in [0, 0.1) is 31.3 Å². The Labute approximate surface area is 170 Å². The van der Waals surface area contributed by atoms with Crippen LogP contribution in [0.3, 0.4) is 0 Å². The second kappa shape index (κ2) is 9.42. The normalized spacial score (nSPS) is 11.7. The first kappa shape index (κ1) is 22.9. The maximum Gasteiger partial charge on any atom is 0.311 e. The fraction of sp³-hybridized carbons (Fsp3) is 0.368. The third-order valence-corrected chi connectivity index (χ3v) is 4.39. The summed E-state index contributed by atoms with van der Waals surface area (Å²) in [6.07, 6.45) is -1.26. The van der Waals surface area contributed by atoms with Crippen molar-refractivity contribution in [3.05, 3.63) is 46.5 Å². The summed E-state index contributed by atoms with van der Waals surface area (Å²) in [5, 5.41) is 8.41. The molecule has 1 heterocycles. The van der Waals surface area contributed by atoms with E-state index in [4.69, 9.17) is 4.74 Å². The van der Waals surface area contributed by atoms with Gasteiger partial charge in [0.15, 0.2) is 23.6 Å². The van der Waals surface area contributed by atoms with Crippen molar-refractivity contribution in [1.29, 1.82) is 0 Å². The van der Waals surface area contributed by atoms with Crippen LogP contribution in [-0.2, 0) is 32.6 Å². The number of aromatic nitrogens is 2. The van der Waals surface area contributed by atoms with Gasteiger partial charge in [0.05, 0.1) is 24.3 Å². The highest BCUT2D eigenvalue weighted by atomic mass is 19.2. The maximum absolute atomic E-state index is 13.6. The molecule has 8 nitrogen and oxygen atoms in total. The number of esters is 1. The number of anilines is 1. The summed E-state index contributed by atoms with van der Waals surface area (Å²) in [6.45, 7) is 4.27. The smallest absolute Gasteiger partial charge is 0.311 e. The fourth-order valence-corrected chi connectivity index (χ4v) is 2.64. The van der Waals surface area contributed by atoms with E-state index < -0.39 is 53.6 Å². The lowest BCUT2D eigenvalue weighted by atomic mass is 10.1. The molecule has 1 aromatic heterocycles. The summed E-state index contributed by atoms with van der Waals surface area (Å²) < 4.78 is 46.3. The maximum atomic E-state index is 13.6. The topological polar surface area (TPSA) is 102 Å². The Balaban J connectivity index is 1.84. The first-order valence-corrected chi connectivity index (χ1v) is 8.90. The van der Waals surface area contributed by atoms with Crippen molar-refractivity contribution in [3.8, 4) is 0 Å². The fourth-order valence-electron chi connectivity index (χ4n) is 2.64. The average Bonchev–Trinajstić information content (AvgIpc) is 2.92. The number of nitrogens with zero attached hydrogens (tertiary/aromatic N) is 2. The number of hydrogen-bond donors (Lipinski definition) is 2. The third-order valence-electron chi connectivity index (χ3n) is 4.39. The molecule has 2 N–H and O–H groups in total. The van der Waals surface area contributed by atoms with Crippen molar-refractivity contribution in [2.24, 2.45) is 7.05 Å². The van der Waals surface area contributed by atoms with Crippen LogP contribution < -0.4 is 10.6 Å². The van der Waals surface area contributed by atoms with Crippen LogP contribution in [0.2, 0.25) is 0 Å².